The van der Waals surface area contributed by atoms with Gasteiger partial charge in [0.1, 0.15) is 0 Å². The highest BCUT2D eigenvalue weighted by molar-refractivity contribution is 6.74. The van der Waals surface area contributed by atoms with Crippen LogP contribution in [0.1, 0.15) is 107 Å². The van der Waals surface area contributed by atoms with E-state index in [0.717, 1.165) is 32.1 Å². The predicted molar refractivity (Wildman–Crippen MR) is 201 cm³/mol. The maximum absolute atomic E-state index is 15.1. The molecule has 6 aliphatic rings. The van der Waals surface area contributed by atoms with E-state index in [2.05, 4.69) is 104 Å². The van der Waals surface area contributed by atoms with Crippen molar-refractivity contribution in [2.75, 3.05) is 0 Å². The average molecular weight is 671 g/mol. The molecule has 1 aromatic carbocycles. The third kappa shape index (κ3) is 4.35. The summed E-state index contributed by atoms with van der Waals surface area (Å²) in [7, 11) is -2.05. The van der Waals surface area contributed by atoms with Crippen molar-refractivity contribution in [3.63, 3.8) is 0 Å². The first-order chi connectivity index (χ1) is 22.4. The number of allylic oxidation sites excluding steroid dienone is 4. The van der Waals surface area contributed by atoms with Gasteiger partial charge in [-0.3, -0.25) is 9.59 Å². The van der Waals surface area contributed by atoms with Gasteiger partial charge in [-0.25, -0.2) is 9.36 Å². The molecule has 2 aliphatic heterocycles. The number of hydrogen-bond acceptors (Lipinski definition) is 3. The van der Waals surface area contributed by atoms with Crippen LogP contribution in [0.3, 0.4) is 0 Å². The first kappa shape index (κ1) is 34.3. The second kappa shape index (κ2) is 10.9. The Kier molecular flexibility index (Phi) is 7.79. The van der Waals surface area contributed by atoms with Gasteiger partial charge in [0, 0.05) is 17.9 Å². The summed E-state index contributed by atoms with van der Waals surface area (Å²) < 4.78 is 11.3. The summed E-state index contributed by atoms with van der Waals surface area (Å²) in [5, 5.41) is 1.22. The number of nitrogens with zero attached hydrogens (tertiary/aromatic N) is 2. The molecular formula is C42H62N2O3Si. The molecule has 2 aromatic rings. The molecule has 4 aliphatic carbocycles. The lowest BCUT2D eigenvalue weighted by molar-refractivity contribution is -0.200. The van der Waals surface area contributed by atoms with Crippen LogP contribution in [0.15, 0.2) is 58.2 Å². The maximum atomic E-state index is 15.1. The average Bonchev–Trinajstić information content (AvgIpc) is 3.38. The van der Waals surface area contributed by atoms with Crippen LogP contribution >= 0.6 is 0 Å². The molecule has 6 heteroatoms. The molecule has 0 N–H and O–H groups in total. The van der Waals surface area contributed by atoms with E-state index in [-0.39, 0.29) is 33.1 Å². The SMILES string of the molecule is CC(C)[C@@H](C)/C=C/[C@@H](C)[C@@H]1CC[C@@H]2[C@]1(C)CC[C@@H]1[C@]23C=C[C@@]2(C[C@@H](O[Si](C)(C)C(C)(C)C)CC[C@]12C)n1c(=O)c2ccccc2c(=O)n13. The van der Waals surface area contributed by atoms with E-state index in [1.54, 1.807) is 0 Å². The van der Waals surface area contributed by atoms with E-state index >= 15 is 9.59 Å². The van der Waals surface area contributed by atoms with Crippen molar-refractivity contribution in [2.24, 2.45) is 46.3 Å². The van der Waals surface area contributed by atoms with Crippen molar-refractivity contribution >= 4 is 19.1 Å². The van der Waals surface area contributed by atoms with Crippen LogP contribution in [0.4, 0.5) is 0 Å². The van der Waals surface area contributed by atoms with Gasteiger partial charge >= 0.3 is 0 Å². The summed E-state index contributed by atoms with van der Waals surface area (Å²) in [6, 6.07) is 7.58. The third-order valence-electron chi connectivity index (χ3n) is 15.8. The molecule has 3 saturated carbocycles. The van der Waals surface area contributed by atoms with E-state index in [9.17, 15) is 0 Å². The van der Waals surface area contributed by atoms with Crippen LogP contribution in [0, 0.1) is 46.3 Å². The molecule has 3 heterocycles. The Labute approximate surface area is 290 Å². The molecule has 2 spiro atoms. The van der Waals surface area contributed by atoms with Crippen molar-refractivity contribution in [3.8, 4) is 0 Å². The lowest BCUT2D eigenvalue weighted by Crippen LogP contribution is -2.78. The molecule has 262 valence electrons. The highest BCUT2D eigenvalue weighted by Gasteiger charge is 2.74. The number of fused-ring (bicyclic) bond motifs is 2. The van der Waals surface area contributed by atoms with E-state index in [0.29, 0.717) is 46.3 Å². The van der Waals surface area contributed by atoms with Gasteiger partial charge < -0.3 is 4.43 Å². The third-order valence-corrected chi connectivity index (χ3v) is 20.3. The molecular weight excluding hydrogens is 609 g/mol. The zero-order valence-corrected chi connectivity index (χ0v) is 32.7. The number of aromatic nitrogens is 2. The smallest absolute Gasteiger partial charge is 0.274 e. The van der Waals surface area contributed by atoms with Gasteiger partial charge in [-0.15, -0.1) is 0 Å². The summed E-state index contributed by atoms with van der Waals surface area (Å²) in [6.07, 6.45) is 17.2. The van der Waals surface area contributed by atoms with Crippen LogP contribution in [-0.4, -0.2) is 23.8 Å². The normalized spacial score (nSPS) is 38.6. The molecule has 0 saturated heterocycles. The van der Waals surface area contributed by atoms with Gasteiger partial charge in [-0.05, 0) is 110 Å². The van der Waals surface area contributed by atoms with E-state index in [4.69, 9.17) is 4.43 Å². The fourth-order valence-electron chi connectivity index (χ4n) is 11.7. The topological polar surface area (TPSA) is 53.2 Å². The van der Waals surface area contributed by atoms with Crippen LogP contribution in [0.5, 0.6) is 0 Å². The molecule has 48 heavy (non-hydrogen) atoms. The molecule has 2 bridgehead atoms. The summed E-state index contributed by atoms with van der Waals surface area (Å²) in [4.78, 5) is 30.1. The minimum Gasteiger partial charge on any atom is -0.414 e. The minimum absolute atomic E-state index is 0.00706. The lowest BCUT2D eigenvalue weighted by Gasteiger charge is -2.72. The molecule has 8 rings (SSSR count). The number of rotatable bonds is 6. The van der Waals surface area contributed by atoms with Gasteiger partial charge in [0.25, 0.3) is 11.1 Å². The fraction of sp³-hybridized carbons (Fsp3) is 0.714. The van der Waals surface area contributed by atoms with Gasteiger partial charge in [0.2, 0.25) is 0 Å². The van der Waals surface area contributed by atoms with E-state index in [1.807, 2.05) is 28.9 Å². The van der Waals surface area contributed by atoms with Crippen molar-refractivity contribution in [1.82, 2.24) is 9.36 Å². The zero-order valence-electron chi connectivity index (χ0n) is 31.7. The van der Waals surface area contributed by atoms with Gasteiger partial charge in [-0.1, -0.05) is 98.8 Å². The Balaban J connectivity index is 1.42. The van der Waals surface area contributed by atoms with Crippen molar-refractivity contribution < 1.29 is 4.43 Å². The van der Waals surface area contributed by atoms with Crippen LogP contribution in [0.25, 0.3) is 10.8 Å². The van der Waals surface area contributed by atoms with Crippen LogP contribution in [0.2, 0.25) is 18.1 Å². The molecule has 0 radical (unpaired) electrons. The summed E-state index contributed by atoms with van der Waals surface area (Å²) in [5.41, 5.74) is -1.17. The second-order valence-corrected chi connectivity index (χ2v) is 24.0. The van der Waals surface area contributed by atoms with Crippen molar-refractivity contribution in [3.05, 3.63) is 69.3 Å². The van der Waals surface area contributed by atoms with Crippen LogP contribution < -0.4 is 11.1 Å². The Morgan fingerprint density at radius 3 is 2.12 bits per heavy atom. The molecule has 1 aromatic heterocycles. The largest absolute Gasteiger partial charge is 0.414 e. The quantitative estimate of drug-likeness (QED) is 0.227. The fourth-order valence-corrected chi connectivity index (χ4v) is 13.1. The second-order valence-electron chi connectivity index (χ2n) is 19.3. The predicted octanol–water partition coefficient (Wildman–Crippen LogP) is 9.64. The molecule has 0 unspecified atom stereocenters. The monoisotopic (exact) mass is 670 g/mol. The highest BCUT2D eigenvalue weighted by atomic mass is 28.4. The molecule has 0 amide bonds. The van der Waals surface area contributed by atoms with Crippen molar-refractivity contribution in [1.29, 1.82) is 0 Å². The first-order valence-electron chi connectivity index (χ1n) is 19.2. The van der Waals surface area contributed by atoms with Crippen LogP contribution in [-0.2, 0) is 15.5 Å². The maximum Gasteiger partial charge on any atom is 0.274 e. The highest BCUT2D eigenvalue weighted by Crippen LogP contribution is 2.74. The Bertz CT molecular complexity index is 1790. The van der Waals surface area contributed by atoms with Gasteiger partial charge in [-0.2, -0.15) is 0 Å². The number of hydrogen-bond donors (Lipinski definition) is 0. The minimum atomic E-state index is -2.05. The first-order valence-corrected chi connectivity index (χ1v) is 22.1. The Hall–Kier alpha value is -2.18. The van der Waals surface area contributed by atoms with E-state index < -0.39 is 19.4 Å². The van der Waals surface area contributed by atoms with Gasteiger partial charge in [0.15, 0.2) is 8.32 Å². The summed E-state index contributed by atoms with van der Waals surface area (Å²) >= 11 is 0. The molecule has 3 fully saturated rings. The molecule has 10 atom stereocenters. The van der Waals surface area contributed by atoms with Crippen molar-refractivity contribution in [2.45, 2.75) is 143 Å². The Morgan fingerprint density at radius 2 is 1.50 bits per heavy atom. The standard InChI is InChI=1S/C42H62N2O3Si/c1-27(2)28(3)16-17-29(4)33-18-19-34-39(33,8)22-21-35-40(9)23-20-30(47-48(10,11)38(5,6)7)26-41(40)24-25-42(34,35)44-37(46)32-15-13-12-14-31(32)36(45)43(41)44/h12-17,24-25,27-30,33-35H,18-23,26H2,1-11H3/b17-16+/t28-,29+,30-,33-,34+,35-,39+,40+,41-,42-/m0/s1. The lowest BCUT2D eigenvalue weighted by atomic mass is 9.40. The summed E-state index contributed by atoms with van der Waals surface area (Å²) in [5.74, 6) is 2.80. The van der Waals surface area contributed by atoms with Gasteiger partial charge in [0.05, 0.1) is 21.9 Å². The summed E-state index contributed by atoms with van der Waals surface area (Å²) in [6.45, 7) is 26.0. The number of benzene rings is 1. The molecule has 5 nitrogen and oxygen atoms in total. The zero-order chi connectivity index (χ0) is 34.8. The Morgan fingerprint density at radius 1 is 0.854 bits per heavy atom. The van der Waals surface area contributed by atoms with E-state index in [1.165, 1.54) is 12.8 Å².